The molecule has 1 amide bonds. The Morgan fingerprint density at radius 1 is 1.22 bits per heavy atom. The molecule has 12 heteroatoms. The van der Waals surface area contributed by atoms with Gasteiger partial charge in [-0.3, -0.25) is 9.59 Å². The standard InChI is InChI=1S/C25H22F3N5O3S/c1-36-33-22(34)18-14-32(23(35)20-13-16-3-2-10-29-21(16)37-20)12-9-19(18)31-24(33)30-11-8-15-4-6-17(7-5-15)25(26,27)28/h2-7,10,13H,8-9,11-12,14H2,1H3,(H,30,31). The fraction of sp³-hybridized carbons (Fsp3) is 0.280. The van der Waals surface area contributed by atoms with Crippen LogP contribution in [0.25, 0.3) is 10.2 Å². The first-order chi connectivity index (χ1) is 17.7. The monoisotopic (exact) mass is 529 g/mol. The summed E-state index contributed by atoms with van der Waals surface area (Å²) >= 11 is 1.31. The number of nitrogens with one attached hydrogen (secondary N) is 1. The van der Waals surface area contributed by atoms with Crippen molar-refractivity contribution in [1.29, 1.82) is 0 Å². The minimum absolute atomic E-state index is 0.108. The molecule has 192 valence electrons. The summed E-state index contributed by atoms with van der Waals surface area (Å²) in [6, 6.07) is 10.4. The fourth-order valence-electron chi connectivity index (χ4n) is 4.23. The van der Waals surface area contributed by atoms with E-state index in [1.165, 1.54) is 30.6 Å². The molecular formula is C25H22F3N5O3S. The Morgan fingerprint density at radius 3 is 2.70 bits per heavy atom. The van der Waals surface area contributed by atoms with E-state index in [1.807, 2.05) is 12.1 Å². The second kappa shape index (κ2) is 9.85. The first-order valence-electron chi connectivity index (χ1n) is 11.5. The highest BCUT2D eigenvalue weighted by molar-refractivity contribution is 7.20. The van der Waals surface area contributed by atoms with Crippen molar-refractivity contribution < 1.29 is 22.8 Å². The SMILES string of the molecule is COn1c(NCCc2ccc(C(F)(F)F)cc2)nc2c(c1=O)CN(C(=O)c1cc3cccnc3s1)CC2. The molecular weight excluding hydrogens is 507 g/mol. The number of nitrogens with zero attached hydrogens (tertiary/aromatic N) is 4. The lowest BCUT2D eigenvalue weighted by molar-refractivity contribution is -0.137. The van der Waals surface area contributed by atoms with Gasteiger partial charge in [-0.1, -0.05) is 18.2 Å². The number of benzene rings is 1. The van der Waals surface area contributed by atoms with E-state index in [0.717, 1.165) is 27.1 Å². The number of fused-ring (bicyclic) bond motifs is 2. The molecule has 1 aliphatic rings. The van der Waals surface area contributed by atoms with Gasteiger partial charge in [0.2, 0.25) is 5.95 Å². The average Bonchev–Trinajstić information content (AvgIpc) is 3.32. The topological polar surface area (TPSA) is 89.4 Å². The van der Waals surface area contributed by atoms with Gasteiger partial charge in [0.15, 0.2) is 0 Å². The molecule has 1 aromatic carbocycles. The third-order valence-corrected chi connectivity index (χ3v) is 7.19. The minimum atomic E-state index is -4.38. The number of carbonyl (C=O) groups excluding carboxylic acids is 1. The van der Waals surface area contributed by atoms with Crippen LogP contribution in [0.2, 0.25) is 0 Å². The number of rotatable bonds is 6. The quantitative estimate of drug-likeness (QED) is 0.409. The van der Waals surface area contributed by atoms with Gasteiger partial charge in [0.05, 0.1) is 28.2 Å². The van der Waals surface area contributed by atoms with E-state index in [4.69, 9.17) is 4.84 Å². The molecule has 0 fully saturated rings. The van der Waals surface area contributed by atoms with Gasteiger partial charge in [0, 0.05) is 31.1 Å². The number of pyridine rings is 1. The van der Waals surface area contributed by atoms with Gasteiger partial charge >= 0.3 is 6.18 Å². The molecule has 0 spiro atoms. The molecule has 1 aliphatic heterocycles. The van der Waals surface area contributed by atoms with Crippen molar-refractivity contribution in [3.05, 3.63) is 86.3 Å². The molecule has 37 heavy (non-hydrogen) atoms. The van der Waals surface area contributed by atoms with Crippen LogP contribution < -0.4 is 15.7 Å². The molecule has 0 saturated carbocycles. The molecule has 0 atom stereocenters. The molecule has 0 saturated heterocycles. The van der Waals surface area contributed by atoms with E-state index in [-0.39, 0.29) is 18.4 Å². The van der Waals surface area contributed by atoms with Gasteiger partial charge in [0.25, 0.3) is 11.5 Å². The summed E-state index contributed by atoms with van der Waals surface area (Å²) < 4.78 is 39.3. The second-order valence-electron chi connectivity index (χ2n) is 8.50. The van der Waals surface area contributed by atoms with Gasteiger partial charge in [-0.25, -0.2) is 9.97 Å². The maximum Gasteiger partial charge on any atom is 0.416 e. The Hall–Kier alpha value is -3.93. The van der Waals surface area contributed by atoms with E-state index in [2.05, 4.69) is 15.3 Å². The number of alkyl halides is 3. The van der Waals surface area contributed by atoms with Crippen molar-refractivity contribution in [2.45, 2.75) is 25.6 Å². The Morgan fingerprint density at radius 2 is 2.00 bits per heavy atom. The van der Waals surface area contributed by atoms with Crippen molar-refractivity contribution in [3.8, 4) is 0 Å². The van der Waals surface area contributed by atoms with Gasteiger partial charge in [-0.15, -0.1) is 16.1 Å². The molecule has 0 radical (unpaired) electrons. The Bertz CT molecular complexity index is 1480. The molecule has 0 aliphatic carbocycles. The summed E-state index contributed by atoms with van der Waals surface area (Å²) in [7, 11) is 1.34. The molecule has 1 N–H and O–H groups in total. The van der Waals surface area contributed by atoms with Crippen LogP contribution in [0.5, 0.6) is 0 Å². The lowest BCUT2D eigenvalue weighted by Crippen LogP contribution is -2.42. The highest BCUT2D eigenvalue weighted by atomic mass is 32.1. The summed E-state index contributed by atoms with van der Waals surface area (Å²) in [5.41, 5.74) is 0.548. The van der Waals surface area contributed by atoms with E-state index in [0.29, 0.717) is 47.6 Å². The zero-order valence-electron chi connectivity index (χ0n) is 19.7. The number of halogens is 3. The van der Waals surface area contributed by atoms with Crippen LogP contribution in [0.15, 0.2) is 53.5 Å². The predicted molar refractivity (Wildman–Crippen MR) is 133 cm³/mol. The molecule has 0 unspecified atom stereocenters. The van der Waals surface area contributed by atoms with E-state index < -0.39 is 17.3 Å². The Balaban J connectivity index is 1.30. The van der Waals surface area contributed by atoms with Crippen molar-refractivity contribution >= 4 is 33.4 Å². The second-order valence-corrected chi connectivity index (χ2v) is 9.53. The van der Waals surface area contributed by atoms with E-state index in [9.17, 15) is 22.8 Å². The predicted octanol–water partition coefficient (Wildman–Crippen LogP) is 3.78. The number of aromatic nitrogens is 3. The highest BCUT2D eigenvalue weighted by Crippen LogP contribution is 2.29. The third-order valence-electron chi connectivity index (χ3n) is 6.14. The first-order valence-corrected chi connectivity index (χ1v) is 12.3. The number of thiophene rings is 1. The third kappa shape index (κ3) is 5.01. The number of hydrogen-bond donors (Lipinski definition) is 1. The van der Waals surface area contributed by atoms with Crippen molar-refractivity contribution in [2.24, 2.45) is 0 Å². The maximum atomic E-state index is 13.2. The van der Waals surface area contributed by atoms with Crippen LogP contribution in [-0.2, 0) is 25.6 Å². The normalized spacial score (nSPS) is 13.5. The van der Waals surface area contributed by atoms with Crippen molar-refractivity contribution in [2.75, 3.05) is 25.5 Å². The molecule has 4 heterocycles. The summed E-state index contributed by atoms with van der Waals surface area (Å²) in [4.78, 5) is 43.4. The minimum Gasteiger partial charge on any atom is -0.411 e. The van der Waals surface area contributed by atoms with Crippen LogP contribution in [0.3, 0.4) is 0 Å². The largest absolute Gasteiger partial charge is 0.416 e. The summed E-state index contributed by atoms with van der Waals surface area (Å²) in [5, 5.41) is 3.93. The summed E-state index contributed by atoms with van der Waals surface area (Å²) in [6.45, 7) is 0.837. The van der Waals surface area contributed by atoms with Gasteiger partial charge in [-0.2, -0.15) is 13.2 Å². The van der Waals surface area contributed by atoms with Crippen molar-refractivity contribution in [3.63, 3.8) is 0 Å². The summed E-state index contributed by atoms with van der Waals surface area (Å²) in [5.74, 6) is 0.0317. The molecule has 0 bridgehead atoms. The van der Waals surface area contributed by atoms with Gasteiger partial charge < -0.3 is 15.1 Å². The van der Waals surface area contributed by atoms with Crippen LogP contribution in [0.1, 0.15) is 32.1 Å². The van der Waals surface area contributed by atoms with Gasteiger partial charge in [-0.05, 0) is 36.2 Å². The Labute approximate surface area is 213 Å². The van der Waals surface area contributed by atoms with Crippen LogP contribution in [0, 0.1) is 0 Å². The fourth-order valence-corrected chi connectivity index (χ4v) is 5.20. The van der Waals surface area contributed by atoms with Gasteiger partial charge in [0.1, 0.15) is 11.9 Å². The highest BCUT2D eigenvalue weighted by Gasteiger charge is 2.30. The van der Waals surface area contributed by atoms with Crippen LogP contribution >= 0.6 is 11.3 Å². The zero-order chi connectivity index (χ0) is 26.2. The lowest BCUT2D eigenvalue weighted by atomic mass is 10.1. The van der Waals surface area contributed by atoms with Crippen LogP contribution in [0.4, 0.5) is 19.1 Å². The number of anilines is 1. The molecule has 5 rings (SSSR count). The lowest BCUT2D eigenvalue weighted by Gasteiger charge is -2.28. The molecule has 3 aromatic heterocycles. The maximum absolute atomic E-state index is 13.2. The number of hydrogen-bond acceptors (Lipinski definition) is 7. The number of amides is 1. The zero-order valence-corrected chi connectivity index (χ0v) is 20.5. The number of carbonyl (C=O) groups is 1. The summed E-state index contributed by atoms with van der Waals surface area (Å²) in [6.07, 6.45) is -1.88. The molecule has 4 aromatic rings. The van der Waals surface area contributed by atoms with Crippen molar-refractivity contribution in [1.82, 2.24) is 19.6 Å². The smallest absolute Gasteiger partial charge is 0.411 e. The van der Waals surface area contributed by atoms with E-state index >= 15 is 0 Å². The van der Waals surface area contributed by atoms with Crippen LogP contribution in [-0.4, -0.2) is 45.7 Å². The molecule has 8 nitrogen and oxygen atoms in total. The first kappa shape index (κ1) is 24.8. The Kier molecular flexibility index (Phi) is 6.59. The average molecular weight is 530 g/mol. The van der Waals surface area contributed by atoms with E-state index in [1.54, 1.807) is 17.2 Å².